The van der Waals surface area contributed by atoms with Crippen LogP contribution in [0.2, 0.25) is 10.0 Å². The van der Waals surface area contributed by atoms with Crippen molar-refractivity contribution in [2.45, 2.75) is 46.7 Å². The molecule has 1 N–H and O–H groups in total. The molecular weight excluding hydrogens is 509 g/mol. The first-order chi connectivity index (χ1) is 16.3. The maximum Gasteiger partial charge on any atom is 0.244 e. The second kappa shape index (κ2) is 12.6. The molecule has 2 amide bonds. The molecule has 0 bridgehead atoms. The van der Waals surface area contributed by atoms with Crippen LogP contribution in [-0.4, -0.2) is 50.5 Å². The number of rotatable bonds is 11. The molecule has 192 valence electrons. The Bertz CT molecular complexity index is 1140. The normalized spacial score (nSPS) is 12.3. The predicted molar refractivity (Wildman–Crippen MR) is 142 cm³/mol. The van der Waals surface area contributed by atoms with E-state index in [0.717, 1.165) is 16.1 Å². The van der Waals surface area contributed by atoms with Crippen LogP contribution in [0.5, 0.6) is 0 Å². The molecule has 0 fully saturated rings. The van der Waals surface area contributed by atoms with Crippen molar-refractivity contribution in [2.24, 2.45) is 5.92 Å². The summed E-state index contributed by atoms with van der Waals surface area (Å²) >= 11 is 12.2. The lowest BCUT2D eigenvalue weighted by atomic mass is 10.1. The Balaban J connectivity index is 2.45. The molecular formula is C25H33Cl2N3O4S. The van der Waals surface area contributed by atoms with Gasteiger partial charge in [0.05, 0.1) is 11.9 Å². The fraction of sp³-hybridized carbons (Fsp3) is 0.440. The third-order valence-electron chi connectivity index (χ3n) is 5.52. The molecule has 0 saturated heterocycles. The minimum Gasteiger partial charge on any atom is -0.354 e. The number of nitrogens with zero attached hydrogens (tertiary/aromatic N) is 2. The van der Waals surface area contributed by atoms with Gasteiger partial charge in [-0.2, -0.15) is 0 Å². The van der Waals surface area contributed by atoms with Crippen LogP contribution >= 0.6 is 23.2 Å². The summed E-state index contributed by atoms with van der Waals surface area (Å²) < 4.78 is 26.5. The molecule has 35 heavy (non-hydrogen) atoms. The Hall–Kier alpha value is -2.29. The zero-order valence-electron chi connectivity index (χ0n) is 20.7. The average Bonchev–Trinajstić information content (AvgIpc) is 2.78. The van der Waals surface area contributed by atoms with Crippen LogP contribution in [0.15, 0.2) is 42.5 Å². The van der Waals surface area contributed by atoms with E-state index in [9.17, 15) is 18.0 Å². The van der Waals surface area contributed by atoms with E-state index in [0.29, 0.717) is 34.3 Å². The molecule has 2 aromatic carbocycles. The van der Waals surface area contributed by atoms with Crippen molar-refractivity contribution in [3.05, 3.63) is 63.6 Å². The molecule has 0 spiro atoms. The largest absolute Gasteiger partial charge is 0.354 e. The quantitative estimate of drug-likeness (QED) is 0.448. The van der Waals surface area contributed by atoms with Gasteiger partial charge in [-0.1, -0.05) is 62.2 Å². The zero-order valence-corrected chi connectivity index (χ0v) is 23.0. The van der Waals surface area contributed by atoms with E-state index in [-0.39, 0.29) is 18.4 Å². The van der Waals surface area contributed by atoms with Crippen LogP contribution in [0.4, 0.5) is 5.69 Å². The van der Waals surface area contributed by atoms with Gasteiger partial charge in [-0.05, 0) is 54.7 Å². The third-order valence-corrected chi connectivity index (χ3v) is 7.31. The van der Waals surface area contributed by atoms with Crippen LogP contribution in [0.25, 0.3) is 0 Å². The number of benzene rings is 2. The van der Waals surface area contributed by atoms with E-state index < -0.39 is 28.5 Å². The van der Waals surface area contributed by atoms with Gasteiger partial charge in [0.15, 0.2) is 0 Å². The minimum atomic E-state index is -3.83. The van der Waals surface area contributed by atoms with Gasteiger partial charge in [0.2, 0.25) is 21.8 Å². The highest BCUT2D eigenvalue weighted by Gasteiger charge is 2.32. The van der Waals surface area contributed by atoms with Gasteiger partial charge >= 0.3 is 0 Å². The Morgan fingerprint density at radius 1 is 1.06 bits per heavy atom. The zero-order chi connectivity index (χ0) is 26.3. The van der Waals surface area contributed by atoms with Gasteiger partial charge in [0.25, 0.3) is 0 Å². The number of hydrogen-bond acceptors (Lipinski definition) is 4. The third kappa shape index (κ3) is 8.12. The van der Waals surface area contributed by atoms with Crippen LogP contribution in [0.1, 0.15) is 38.3 Å². The summed E-state index contributed by atoms with van der Waals surface area (Å²) in [6, 6.07) is 11.1. The number of carbonyl (C=O) groups excluding carboxylic acids is 2. The van der Waals surface area contributed by atoms with Gasteiger partial charge in [0, 0.05) is 23.1 Å². The smallest absolute Gasteiger partial charge is 0.244 e. The number of nitrogens with one attached hydrogen (secondary N) is 1. The Kier molecular flexibility index (Phi) is 10.4. The lowest BCUT2D eigenvalue weighted by Gasteiger charge is -2.33. The monoisotopic (exact) mass is 541 g/mol. The van der Waals surface area contributed by atoms with Gasteiger partial charge in [-0.25, -0.2) is 8.42 Å². The molecule has 0 saturated carbocycles. The maximum absolute atomic E-state index is 13.7. The fourth-order valence-electron chi connectivity index (χ4n) is 3.59. The van der Waals surface area contributed by atoms with Crippen LogP contribution in [0.3, 0.4) is 0 Å². The summed E-state index contributed by atoms with van der Waals surface area (Å²) in [5.41, 5.74) is 1.62. The molecule has 1 atom stereocenters. The Morgan fingerprint density at radius 2 is 1.69 bits per heavy atom. The summed E-state index contributed by atoms with van der Waals surface area (Å²) in [5, 5.41) is 3.83. The molecule has 0 aliphatic rings. The molecule has 10 heteroatoms. The predicted octanol–water partition coefficient (Wildman–Crippen LogP) is 4.65. The van der Waals surface area contributed by atoms with E-state index >= 15 is 0 Å². The second-order valence-electron chi connectivity index (χ2n) is 8.86. The van der Waals surface area contributed by atoms with Gasteiger partial charge in [-0.15, -0.1) is 0 Å². The molecule has 2 aromatic rings. The van der Waals surface area contributed by atoms with Crippen molar-refractivity contribution in [3.8, 4) is 0 Å². The van der Waals surface area contributed by atoms with E-state index in [1.807, 2.05) is 20.8 Å². The molecule has 0 unspecified atom stereocenters. The van der Waals surface area contributed by atoms with E-state index in [2.05, 4.69) is 5.32 Å². The molecule has 0 heterocycles. The van der Waals surface area contributed by atoms with Gasteiger partial charge in [0.1, 0.15) is 12.6 Å². The summed E-state index contributed by atoms with van der Waals surface area (Å²) in [5.74, 6) is -0.548. The van der Waals surface area contributed by atoms with Crippen LogP contribution in [-0.2, 0) is 26.2 Å². The maximum atomic E-state index is 13.7. The fourth-order valence-corrected chi connectivity index (χ4v) is 4.79. The SMILES string of the molecule is CC[C@@H](C(=O)NCC(C)C)N(Cc1ccc(Cl)cc1)C(=O)CN(c1cccc(Cl)c1C)S(C)(=O)=O. The van der Waals surface area contributed by atoms with E-state index in [1.54, 1.807) is 49.4 Å². The van der Waals surface area contributed by atoms with E-state index in [4.69, 9.17) is 23.2 Å². The highest BCUT2D eigenvalue weighted by atomic mass is 35.5. The topological polar surface area (TPSA) is 86.8 Å². The number of sulfonamides is 1. The van der Waals surface area contributed by atoms with Crippen LogP contribution < -0.4 is 9.62 Å². The Labute approximate surface area is 218 Å². The van der Waals surface area contributed by atoms with E-state index in [1.165, 1.54) is 4.90 Å². The number of carbonyl (C=O) groups is 2. The molecule has 0 aliphatic heterocycles. The first kappa shape index (κ1) is 28.9. The molecule has 2 rings (SSSR count). The molecule has 7 nitrogen and oxygen atoms in total. The van der Waals surface area contributed by atoms with Crippen LogP contribution in [0, 0.1) is 12.8 Å². The summed E-state index contributed by atoms with van der Waals surface area (Å²) in [6.45, 7) is 7.59. The highest BCUT2D eigenvalue weighted by Crippen LogP contribution is 2.28. The standard InChI is InChI=1S/C25H33Cl2N3O4S/c1-6-22(25(32)28-14-17(2)3)29(15-19-10-12-20(26)13-11-19)24(31)16-30(35(5,33)34)23-9-7-8-21(27)18(23)4/h7-13,17,22H,6,14-16H2,1-5H3,(H,28,32)/t22-/m0/s1. The molecule has 0 aromatic heterocycles. The van der Waals surface area contributed by atoms with Crippen molar-refractivity contribution < 1.29 is 18.0 Å². The lowest BCUT2D eigenvalue weighted by molar-refractivity contribution is -0.140. The number of hydrogen-bond donors (Lipinski definition) is 1. The summed E-state index contributed by atoms with van der Waals surface area (Å²) in [6.07, 6.45) is 1.40. The van der Waals surface area contributed by atoms with Crippen molar-refractivity contribution in [1.29, 1.82) is 0 Å². The highest BCUT2D eigenvalue weighted by molar-refractivity contribution is 7.92. The second-order valence-corrected chi connectivity index (χ2v) is 11.6. The Morgan fingerprint density at radius 3 is 2.23 bits per heavy atom. The van der Waals surface area contributed by atoms with Crippen molar-refractivity contribution in [3.63, 3.8) is 0 Å². The first-order valence-electron chi connectivity index (χ1n) is 11.4. The van der Waals surface area contributed by atoms with Crippen molar-refractivity contribution in [2.75, 3.05) is 23.7 Å². The van der Waals surface area contributed by atoms with Gasteiger partial charge in [-0.3, -0.25) is 13.9 Å². The number of halogens is 2. The minimum absolute atomic E-state index is 0.121. The molecule has 0 radical (unpaired) electrons. The molecule has 0 aliphatic carbocycles. The van der Waals surface area contributed by atoms with Crippen molar-refractivity contribution >= 4 is 50.7 Å². The summed E-state index contributed by atoms with van der Waals surface area (Å²) in [4.78, 5) is 28.1. The average molecular weight is 543 g/mol. The number of anilines is 1. The summed E-state index contributed by atoms with van der Waals surface area (Å²) in [7, 11) is -3.83. The van der Waals surface area contributed by atoms with Gasteiger partial charge < -0.3 is 10.2 Å². The lowest BCUT2D eigenvalue weighted by Crippen LogP contribution is -2.52. The van der Waals surface area contributed by atoms with Crippen molar-refractivity contribution in [1.82, 2.24) is 10.2 Å². The first-order valence-corrected chi connectivity index (χ1v) is 14.0. The number of amides is 2.